The lowest BCUT2D eigenvalue weighted by atomic mass is 10.2. The second-order valence-corrected chi connectivity index (χ2v) is 6.62. The average molecular weight is 278 g/mol. The van der Waals surface area contributed by atoms with E-state index in [0.717, 1.165) is 0 Å². The Morgan fingerprint density at radius 1 is 1.33 bits per heavy atom. The van der Waals surface area contributed by atoms with E-state index >= 15 is 0 Å². The summed E-state index contributed by atoms with van der Waals surface area (Å²) in [6.07, 6.45) is 0. The Labute approximate surface area is 109 Å². The van der Waals surface area contributed by atoms with Gasteiger partial charge < -0.3 is 10.1 Å². The number of hydrogen-bond donors (Lipinski definition) is 1. The number of rotatable bonds is 6. The molecule has 0 spiro atoms. The highest BCUT2D eigenvalue weighted by molar-refractivity contribution is 7.91. The molecule has 1 atom stereocenters. The zero-order chi connectivity index (χ0) is 13.6. The molecule has 0 aromatic carbocycles. The SMILES string of the molecule is CCNC(CN1CCS(=O)(=O)CC1)C(=O)OCC. The predicted molar refractivity (Wildman–Crippen MR) is 69.2 cm³/mol. The number of carbonyl (C=O) groups excluding carboxylic acids is 1. The summed E-state index contributed by atoms with van der Waals surface area (Å²) in [5.41, 5.74) is 0. The standard InChI is InChI=1S/C11H22N2O4S/c1-3-12-10(11(14)17-4-2)9-13-5-7-18(15,16)8-6-13/h10,12H,3-9H2,1-2H3. The number of carbonyl (C=O) groups is 1. The molecule has 1 fully saturated rings. The summed E-state index contributed by atoms with van der Waals surface area (Å²) in [4.78, 5) is 13.7. The molecular formula is C11H22N2O4S. The number of hydrogen-bond acceptors (Lipinski definition) is 6. The fourth-order valence-electron chi connectivity index (χ4n) is 1.90. The van der Waals surface area contributed by atoms with Crippen LogP contribution in [0.4, 0.5) is 0 Å². The van der Waals surface area contributed by atoms with Crippen molar-refractivity contribution < 1.29 is 17.9 Å². The smallest absolute Gasteiger partial charge is 0.324 e. The van der Waals surface area contributed by atoms with Crippen LogP contribution in [0.15, 0.2) is 0 Å². The highest BCUT2D eigenvalue weighted by atomic mass is 32.2. The van der Waals surface area contributed by atoms with Crippen LogP contribution >= 0.6 is 0 Å². The third-order valence-corrected chi connectivity index (χ3v) is 4.51. The summed E-state index contributed by atoms with van der Waals surface area (Å²) in [5, 5.41) is 3.07. The van der Waals surface area contributed by atoms with Crippen molar-refractivity contribution in [3.05, 3.63) is 0 Å². The van der Waals surface area contributed by atoms with Gasteiger partial charge in [-0.05, 0) is 13.5 Å². The summed E-state index contributed by atoms with van der Waals surface area (Å²) in [6, 6.07) is -0.379. The number of likely N-dealkylation sites (N-methyl/N-ethyl adjacent to an activating group) is 1. The normalized spacial score (nSPS) is 21.4. The Kier molecular flexibility index (Phi) is 6.04. The summed E-state index contributed by atoms with van der Waals surface area (Å²) in [5.74, 6) is 0.0800. The van der Waals surface area contributed by atoms with Gasteiger partial charge in [-0.2, -0.15) is 0 Å². The van der Waals surface area contributed by atoms with E-state index in [9.17, 15) is 13.2 Å². The van der Waals surface area contributed by atoms with Crippen molar-refractivity contribution in [2.24, 2.45) is 0 Å². The van der Waals surface area contributed by atoms with Crippen LogP contribution in [0.1, 0.15) is 13.8 Å². The second-order valence-electron chi connectivity index (χ2n) is 4.31. The van der Waals surface area contributed by atoms with Gasteiger partial charge in [0.2, 0.25) is 0 Å². The number of nitrogens with one attached hydrogen (secondary N) is 1. The molecule has 1 saturated heterocycles. The quantitative estimate of drug-likeness (QED) is 0.645. The van der Waals surface area contributed by atoms with E-state index < -0.39 is 9.84 Å². The molecule has 0 saturated carbocycles. The van der Waals surface area contributed by atoms with Gasteiger partial charge in [0.1, 0.15) is 6.04 Å². The minimum absolute atomic E-state index is 0.175. The minimum atomic E-state index is -2.87. The van der Waals surface area contributed by atoms with Crippen molar-refractivity contribution in [3.8, 4) is 0 Å². The molecule has 0 aromatic rings. The topological polar surface area (TPSA) is 75.7 Å². The fraction of sp³-hybridized carbons (Fsp3) is 0.909. The van der Waals surface area contributed by atoms with Gasteiger partial charge in [0, 0.05) is 19.6 Å². The molecular weight excluding hydrogens is 256 g/mol. The van der Waals surface area contributed by atoms with Crippen molar-refractivity contribution in [1.82, 2.24) is 10.2 Å². The highest BCUT2D eigenvalue weighted by Gasteiger charge is 2.26. The molecule has 0 amide bonds. The van der Waals surface area contributed by atoms with Gasteiger partial charge in [-0.15, -0.1) is 0 Å². The van der Waals surface area contributed by atoms with Crippen LogP contribution in [-0.4, -0.2) is 69.6 Å². The van der Waals surface area contributed by atoms with Gasteiger partial charge in [0.15, 0.2) is 9.84 Å². The number of esters is 1. The van der Waals surface area contributed by atoms with Crippen LogP contribution < -0.4 is 5.32 Å². The molecule has 106 valence electrons. The van der Waals surface area contributed by atoms with E-state index in [4.69, 9.17) is 4.74 Å². The molecule has 7 heteroatoms. The number of nitrogens with zero attached hydrogens (tertiary/aromatic N) is 1. The number of ether oxygens (including phenoxy) is 1. The molecule has 1 N–H and O–H groups in total. The summed E-state index contributed by atoms with van der Waals surface area (Å²) in [7, 11) is -2.87. The van der Waals surface area contributed by atoms with Gasteiger partial charge in [0.25, 0.3) is 0 Å². The Hall–Kier alpha value is -0.660. The van der Waals surface area contributed by atoms with Gasteiger partial charge >= 0.3 is 5.97 Å². The molecule has 0 aromatic heterocycles. The third kappa shape index (κ3) is 4.91. The maximum Gasteiger partial charge on any atom is 0.324 e. The predicted octanol–water partition coefficient (Wildman–Crippen LogP) is -0.742. The second kappa shape index (κ2) is 7.06. The Bertz CT molecular complexity index is 355. The lowest BCUT2D eigenvalue weighted by Crippen LogP contribution is -2.50. The van der Waals surface area contributed by atoms with E-state index in [2.05, 4.69) is 5.32 Å². The lowest BCUT2D eigenvalue weighted by Gasteiger charge is -2.29. The molecule has 6 nitrogen and oxygen atoms in total. The number of sulfone groups is 1. The molecule has 0 radical (unpaired) electrons. The van der Waals surface area contributed by atoms with Gasteiger partial charge in [-0.1, -0.05) is 6.92 Å². The van der Waals surface area contributed by atoms with E-state index in [-0.39, 0.29) is 23.5 Å². The zero-order valence-electron chi connectivity index (χ0n) is 11.0. The van der Waals surface area contributed by atoms with Crippen LogP contribution in [0.3, 0.4) is 0 Å². The molecule has 18 heavy (non-hydrogen) atoms. The molecule has 1 unspecified atom stereocenters. The lowest BCUT2D eigenvalue weighted by molar-refractivity contribution is -0.146. The molecule has 1 heterocycles. The maximum atomic E-state index is 11.7. The first-order valence-electron chi connectivity index (χ1n) is 6.31. The van der Waals surface area contributed by atoms with Gasteiger partial charge in [-0.25, -0.2) is 8.42 Å². The summed E-state index contributed by atoms with van der Waals surface area (Å²) < 4.78 is 27.6. The van der Waals surface area contributed by atoms with E-state index in [1.165, 1.54) is 0 Å². The highest BCUT2D eigenvalue weighted by Crippen LogP contribution is 2.05. The van der Waals surface area contributed by atoms with Crippen LogP contribution in [0.2, 0.25) is 0 Å². The summed E-state index contributed by atoms with van der Waals surface area (Å²) >= 11 is 0. The Morgan fingerprint density at radius 2 is 1.94 bits per heavy atom. The molecule has 0 bridgehead atoms. The Balaban J connectivity index is 2.49. The van der Waals surface area contributed by atoms with Crippen molar-refractivity contribution in [2.45, 2.75) is 19.9 Å². The van der Waals surface area contributed by atoms with Crippen LogP contribution in [0.5, 0.6) is 0 Å². The van der Waals surface area contributed by atoms with Crippen LogP contribution in [-0.2, 0) is 19.4 Å². The minimum Gasteiger partial charge on any atom is -0.465 e. The van der Waals surface area contributed by atoms with E-state index in [1.807, 2.05) is 11.8 Å². The van der Waals surface area contributed by atoms with Crippen LogP contribution in [0, 0.1) is 0 Å². The fourth-order valence-corrected chi connectivity index (χ4v) is 3.18. The summed E-state index contributed by atoms with van der Waals surface area (Å²) in [6.45, 7) is 6.21. The van der Waals surface area contributed by atoms with Crippen LogP contribution in [0.25, 0.3) is 0 Å². The average Bonchev–Trinajstić information content (AvgIpc) is 2.31. The monoisotopic (exact) mass is 278 g/mol. The largest absolute Gasteiger partial charge is 0.465 e. The van der Waals surface area contributed by atoms with Crippen molar-refractivity contribution >= 4 is 15.8 Å². The first-order chi connectivity index (χ1) is 8.48. The van der Waals surface area contributed by atoms with Crippen molar-refractivity contribution in [3.63, 3.8) is 0 Å². The molecule has 1 rings (SSSR count). The van der Waals surface area contributed by atoms with Gasteiger partial charge in [-0.3, -0.25) is 9.69 Å². The van der Waals surface area contributed by atoms with Crippen molar-refractivity contribution in [2.75, 3.05) is 44.3 Å². The third-order valence-electron chi connectivity index (χ3n) is 2.90. The van der Waals surface area contributed by atoms with Gasteiger partial charge in [0.05, 0.1) is 18.1 Å². The Morgan fingerprint density at radius 3 is 2.44 bits per heavy atom. The molecule has 1 aliphatic heterocycles. The maximum absolute atomic E-state index is 11.7. The molecule has 1 aliphatic rings. The molecule has 0 aliphatic carbocycles. The first-order valence-corrected chi connectivity index (χ1v) is 8.13. The van der Waals surface area contributed by atoms with Crippen molar-refractivity contribution in [1.29, 1.82) is 0 Å². The van der Waals surface area contributed by atoms with E-state index in [0.29, 0.717) is 32.8 Å². The van der Waals surface area contributed by atoms with E-state index in [1.54, 1.807) is 6.92 Å². The zero-order valence-corrected chi connectivity index (χ0v) is 11.8. The first kappa shape index (κ1) is 15.4.